The molecule has 2 amide bonds. The second-order valence-corrected chi connectivity index (χ2v) is 6.78. The third kappa shape index (κ3) is 3.91. The van der Waals surface area contributed by atoms with Crippen LogP contribution in [-0.2, 0) is 4.79 Å². The van der Waals surface area contributed by atoms with Crippen LogP contribution in [-0.4, -0.2) is 25.0 Å². The van der Waals surface area contributed by atoms with Crippen molar-refractivity contribution in [3.63, 3.8) is 0 Å². The molecule has 0 unspecified atom stereocenters. The van der Waals surface area contributed by atoms with E-state index in [0.717, 1.165) is 10.0 Å². The Morgan fingerprint density at radius 1 is 1.28 bits per heavy atom. The van der Waals surface area contributed by atoms with Gasteiger partial charge in [0.2, 0.25) is 0 Å². The van der Waals surface area contributed by atoms with E-state index in [-0.39, 0.29) is 18.4 Å². The van der Waals surface area contributed by atoms with E-state index in [9.17, 15) is 9.59 Å². The van der Waals surface area contributed by atoms with Crippen molar-refractivity contribution in [1.82, 2.24) is 0 Å². The average molecular weight is 401 g/mol. The summed E-state index contributed by atoms with van der Waals surface area (Å²) in [6.07, 6.45) is 0. The number of hydrogen-bond acceptors (Lipinski definition) is 3. The summed E-state index contributed by atoms with van der Waals surface area (Å²) in [5.74, 6) is 0.260. The predicted octanol–water partition coefficient (Wildman–Crippen LogP) is 4.00. The molecule has 6 heteroatoms. The Morgan fingerprint density at radius 3 is 2.68 bits per heavy atom. The summed E-state index contributed by atoms with van der Waals surface area (Å²) in [6, 6.07) is 12.3. The SMILES string of the molecule is C=C(C)CN1C(=O)COc2ccc(NC(=O)c3ccc(Br)cc3)cc21. The van der Waals surface area contributed by atoms with Crippen LogP contribution in [0.3, 0.4) is 0 Å². The van der Waals surface area contributed by atoms with Gasteiger partial charge < -0.3 is 15.0 Å². The lowest BCUT2D eigenvalue weighted by Gasteiger charge is -2.30. The first-order chi connectivity index (χ1) is 11.9. The molecule has 1 N–H and O–H groups in total. The summed E-state index contributed by atoms with van der Waals surface area (Å²) < 4.78 is 6.37. The number of halogens is 1. The van der Waals surface area contributed by atoms with Gasteiger partial charge in [0.15, 0.2) is 6.61 Å². The monoisotopic (exact) mass is 400 g/mol. The second-order valence-electron chi connectivity index (χ2n) is 5.87. The highest BCUT2D eigenvalue weighted by atomic mass is 79.9. The first kappa shape index (κ1) is 17.2. The summed E-state index contributed by atoms with van der Waals surface area (Å²) in [5.41, 5.74) is 2.64. The second kappa shape index (κ2) is 7.11. The predicted molar refractivity (Wildman–Crippen MR) is 101 cm³/mol. The average Bonchev–Trinajstić information content (AvgIpc) is 2.58. The highest BCUT2D eigenvalue weighted by molar-refractivity contribution is 9.10. The fourth-order valence-electron chi connectivity index (χ4n) is 2.53. The summed E-state index contributed by atoms with van der Waals surface area (Å²) in [5, 5.41) is 2.85. The van der Waals surface area contributed by atoms with Crippen LogP contribution in [0.25, 0.3) is 0 Å². The van der Waals surface area contributed by atoms with E-state index in [1.54, 1.807) is 35.2 Å². The van der Waals surface area contributed by atoms with Gasteiger partial charge in [0.1, 0.15) is 5.75 Å². The van der Waals surface area contributed by atoms with Gasteiger partial charge in [-0.05, 0) is 49.4 Å². The van der Waals surface area contributed by atoms with Crippen molar-refractivity contribution in [2.24, 2.45) is 0 Å². The van der Waals surface area contributed by atoms with Crippen LogP contribution in [0.5, 0.6) is 5.75 Å². The van der Waals surface area contributed by atoms with Gasteiger partial charge in [-0.1, -0.05) is 28.1 Å². The zero-order chi connectivity index (χ0) is 18.0. The Bertz CT molecular complexity index is 846. The highest BCUT2D eigenvalue weighted by Gasteiger charge is 2.25. The number of nitrogens with one attached hydrogen (secondary N) is 1. The molecule has 0 radical (unpaired) electrons. The lowest BCUT2D eigenvalue weighted by atomic mass is 10.1. The van der Waals surface area contributed by atoms with Gasteiger partial charge in [0.05, 0.1) is 5.69 Å². The molecule has 0 aromatic heterocycles. The molecule has 0 saturated heterocycles. The number of ether oxygens (including phenoxy) is 1. The molecule has 0 spiro atoms. The zero-order valence-corrected chi connectivity index (χ0v) is 15.3. The van der Waals surface area contributed by atoms with Crippen LogP contribution < -0.4 is 15.0 Å². The Hall–Kier alpha value is -2.60. The van der Waals surface area contributed by atoms with Gasteiger partial charge in [-0.2, -0.15) is 0 Å². The molecular weight excluding hydrogens is 384 g/mol. The molecule has 25 heavy (non-hydrogen) atoms. The summed E-state index contributed by atoms with van der Waals surface area (Å²) in [6.45, 7) is 6.15. The topological polar surface area (TPSA) is 58.6 Å². The fourth-order valence-corrected chi connectivity index (χ4v) is 2.79. The minimum Gasteiger partial charge on any atom is -0.482 e. The van der Waals surface area contributed by atoms with Gasteiger partial charge in [0.25, 0.3) is 11.8 Å². The molecule has 2 aromatic rings. The molecule has 2 aromatic carbocycles. The van der Waals surface area contributed by atoms with Crippen molar-refractivity contribution in [3.05, 3.63) is 64.7 Å². The Balaban J connectivity index is 1.85. The van der Waals surface area contributed by atoms with Gasteiger partial charge in [0, 0.05) is 22.3 Å². The molecule has 5 nitrogen and oxygen atoms in total. The lowest BCUT2D eigenvalue weighted by molar-refractivity contribution is -0.121. The maximum Gasteiger partial charge on any atom is 0.265 e. The summed E-state index contributed by atoms with van der Waals surface area (Å²) >= 11 is 3.34. The minimum atomic E-state index is -0.220. The molecule has 0 aliphatic carbocycles. The first-order valence-electron chi connectivity index (χ1n) is 7.72. The molecular formula is C19H17BrN2O3. The van der Waals surface area contributed by atoms with Crippen molar-refractivity contribution in [3.8, 4) is 5.75 Å². The smallest absolute Gasteiger partial charge is 0.265 e. The molecule has 1 heterocycles. The quantitative estimate of drug-likeness (QED) is 0.788. The number of carbonyl (C=O) groups excluding carboxylic acids is 2. The van der Waals surface area contributed by atoms with E-state index in [1.807, 2.05) is 19.1 Å². The number of anilines is 2. The third-order valence-corrected chi connectivity index (χ3v) is 4.22. The van der Waals surface area contributed by atoms with E-state index in [4.69, 9.17) is 4.74 Å². The van der Waals surface area contributed by atoms with E-state index in [0.29, 0.717) is 29.2 Å². The van der Waals surface area contributed by atoms with Gasteiger partial charge in [-0.25, -0.2) is 0 Å². The maximum absolute atomic E-state index is 12.4. The summed E-state index contributed by atoms with van der Waals surface area (Å²) in [4.78, 5) is 26.1. The van der Waals surface area contributed by atoms with Crippen molar-refractivity contribution in [2.45, 2.75) is 6.92 Å². The molecule has 1 aliphatic heterocycles. The van der Waals surface area contributed by atoms with Crippen LogP contribution in [0.1, 0.15) is 17.3 Å². The molecule has 0 atom stereocenters. The zero-order valence-electron chi connectivity index (χ0n) is 13.7. The standard InChI is InChI=1S/C19H17BrN2O3/c1-12(2)10-22-16-9-15(7-8-17(16)25-11-18(22)23)21-19(24)13-3-5-14(20)6-4-13/h3-9H,1,10-11H2,2H3,(H,21,24). The number of benzene rings is 2. The minimum absolute atomic E-state index is 0.00484. The van der Waals surface area contributed by atoms with Crippen LogP contribution in [0.15, 0.2) is 59.1 Å². The normalized spacial score (nSPS) is 13.0. The fraction of sp³-hybridized carbons (Fsp3) is 0.158. The Kier molecular flexibility index (Phi) is 4.90. The van der Waals surface area contributed by atoms with Gasteiger partial charge in [-0.3, -0.25) is 9.59 Å². The van der Waals surface area contributed by atoms with Gasteiger partial charge in [-0.15, -0.1) is 0 Å². The molecule has 3 rings (SSSR count). The van der Waals surface area contributed by atoms with Crippen LogP contribution in [0.2, 0.25) is 0 Å². The van der Waals surface area contributed by atoms with Crippen LogP contribution in [0, 0.1) is 0 Å². The van der Waals surface area contributed by atoms with Crippen LogP contribution >= 0.6 is 15.9 Å². The van der Waals surface area contributed by atoms with E-state index in [1.165, 1.54) is 0 Å². The maximum atomic E-state index is 12.4. The van der Waals surface area contributed by atoms with Crippen molar-refractivity contribution >= 4 is 39.1 Å². The number of amides is 2. The molecule has 0 saturated carbocycles. The third-order valence-electron chi connectivity index (χ3n) is 3.69. The molecule has 128 valence electrons. The van der Waals surface area contributed by atoms with Crippen molar-refractivity contribution in [1.29, 1.82) is 0 Å². The van der Waals surface area contributed by atoms with Crippen molar-refractivity contribution < 1.29 is 14.3 Å². The van der Waals surface area contributed by atoms with Crippen molar-refractivity contribution in [2.75, 3.05) is 23.4 Å². The van der Waals surface area contributed by atoms with E-state index < -0.39 is 0 Å². The summed E-state index contributed by atoms with van der Waals surface area (Å²) in [7, 11) is 0. The number of carbonyl (C=O) groups is 2. The van der Waals surface area contributed by atoms with E-state index in [2.05, 4.69) is 27.8 Å². The lowest BCUT2D eigenvalue weighted by Crippen LogP contribution is -2.39. The Labute approximate surface area is 154 Å². The largest absolute Gasteiger partial charge is 0.482 e. The molecule has 0 bridgehead atoms. The van der Waals surface area contributed by atoms with E-state index >= 15 is 0 Å². The molecule has 1 aliphatic rings. The Morgan fingerprint density at radius 2 is 2.00 bits per heavy atom. The molecule has 0 fully saturated rings. The number of nitrogens with zero attached hydrogens (tertiary/aromatic N) is 1. The number of hydrogen-bond donors (Lipinski definition) is 1. The number of rotatable bonds is 4. The van der Waals surface area contributed by atoms with Crippen LogP contribution in [0.4, 0.5) is 11.4 Å². The highest BCUT2D eigenvalue weighted by Crippen LogP contribution is 2.35. The first-order valence-corrected chi connectivity index (χ1v) is 8.52. The number of fused-ring (bicyclic) bond motifs is 1. The van der Waals surface area contributed by atoms with Gasteiger partial charge >= 0.3 is 0 Å².